The van der Waals surface area contributed by atoms with Crippen molar-refractivity contribution in [2.45, 2.75) is 19.4 Å². The summed E-state index contributed by atoms with van der Waals surface area (Å²) in [5.74, 6) is 0. The molecule has 0 radical (unpaired) electrons. The standard InChI is InChI=1S/C10H19N3O/c1-8-5-9(13(4)11-8)6-10(14)7-12(2)3/h5,10,14H,6-7H2,1-4H3. The lowest BCUT2D eigenvalue weighted by molar-refractivity contribution is 0.135. The second-order valence-electron chi connectivity index (χ2n) is 4.02. The predicted molar refractivity (Wildman–Crippen MR) is 56.2 cm³/mol. The highest BCUT2D eigenvalue weighted by Crippen LogP contribution is 2.05. The molecule has 0 aliphatic rings. The molecule has 0 fully saturated rings. The fraction of sp³-hybridized carbons (Fsp3) is 0.700. The van der Waals surface area contributed by atoms with Crippen LogP contribution in [0, 0.1) is 6.92 Å². The second-order valence-corrected chi connectivity index (χ2v) is 4.02. The Kier molecular flexibility index (Phi) is 3.66. The number of aryl methyl sites for hydroxylation is 2. The lowest BCUT2D eigenvalue weighted by Gasteiger charge is -2.15. The third-order valence-corrected chi connectivity index (χ3v) is 2.12. The van der Waals surface area contributed by atoms with Gasteiger partial charge in [-0.15, -0.1) is 0 Å². The number of likely N-dealkylation sites (N-methyl/N-ethyl adjacent to an activating group) is 1. The van der Waals surface area contributed by atoms with Gasteiger partial charge in [-0.3, -0.25) is 4.68 Å². The van der Waals surface area contributed by atoms with Crippen molar-refractivity contribution >= 4 is 0 Å². The third kappa shape index (κ3) is 3.12. The molecule has 1 unspecified atom stereocenters. The van der Waals surface area contributed by atoms with Gasteiger partial charge in [-0.05, 0) is 27.1 Å². The van der Waals surface area contributed by atoms with Crippen LogP contribution in [0.4, 0.5) is 0 Å². The van der Waals surface area contributed by atoms with Crippen molar-refractivity contribution in [3.63, 3.8) is 0 Å². The zero-order chi connectivity index (χ0) is 10.7. The zero-order valence-corrected chi connectivity index (χ0v) is 9.36. The summed E-state index contributed by atoms with van der Waals surface area (Å²) in [6.07, 6.45) is 0.343. The first-order valence-corrected chi connectivity index (χ1v) is 4.81. The van der Waals surface area contributed by atoms with E-state index < -0.39 is 0 Å². The molecule has 80 valence electrons. The summed E-state index contributed by atoms with van der Waals surface area (Å²) in [6, 6.07) is 2.01. The quantitative estimate of drug-likeness (QED) is 0.749. The molecule has 4 heteroatoms. The Morgan fingerprint density at radius 2 is 2.21 bits per heavy atom. The van der Waals surface area contributed by atoms with E-state index in [1.165, 1.54) is 0 Å². The molecule has 0 spiro atoms. The second kappa shape index (κ2) is 4.57. The van der Waals surface area contributed by atoms with Gasteiger partial charge in [0.2, 0.25) is 0 Å². The number of nitrogens with zero attached hydrogens (tertiary/aromatic N) is 3. The van der Waals surface area contributed by atoms with E-state index in [1.807, 2.05) is 43.7 Å². The molecule has 0 saturated heterocycles. The van der Waals surface area contributed by atoms with Crippen LogP contribution in [0.1, 0.15) is 11.4 Å². The van der Waals surface area contributed by atoms with Gasteiger partial charge in [-0.2, -0.15) is 5.10 Å². The van der Waals surface area contributed by atoms with Gasteiger partial charge in [0.25, 0.3) is 0 Å². The van der Waals surface area contributed by atoms with E-state index in [4.69, 9.17) is 0 Å². The maximum atomic E-state index is 9.72. The van der Waals surface area contributed by atoms with E-state index in [1.54, 1.807) is 0 Å². The van der Waals surface area contributed by atoms with Crippen LogP contribution in [-0.2, 0) is 13.5 Å². The Morgan fingerprint density at radius 1 is 1.57 bits per heavy atom. The summed E-state index contributed by atoms with van der Waals surface area (Å²) in [5, 5.41) is 14.0. The highest BCUT2D eigenvalue weighted by molar-refractivity contribution is 5.09. The monoisotopic (exact) mass is 197 g/mol. The molecule has 0 aromatic carbocycles. The van der Waals surface area contributed by atoms with E-state index in [0.29, 0.717) is 13.0 Å². The van der Waals surface area contributed by atoms with Crippen LogP contribution < -0.4 is 0 Å². The number of hydrogen-bond donors (Lipinski definition) is 1. The summed E-state index contributed by atoms with van der Waals surface area (Å²) in [5.41, 5.74) is 2.08. The topological polar surface area (TPSA) is 41.3 Å². The van der Waals surface area contributed by atoms with Crippen LogP contribution in [0.2, 0.25) is 0 Å². The first-order valence-electron chi connectivity index (χ1n) is 4.81. The van der Waals surface area contributed by atoms with Gasteiger partial charge in [-0.1, -0.05) is 0 Å². The largest absolute Gasteiger partial charge is 0.391 e. The maximum Gasteiger partial charge on any atom is 0.0722 e. The predicted octanol–water partition coefficient (Wildman–Crippen LogP) is 0.194. The summed E-state index contributed by atoms with van der Waals surface area (Å²) in [4.78, 5) is 1.98. The van der Waals surface area contributed by atoms with Crippen LogP contribution in [0.25, 0.3) is 0 Å². The van der Waals surface area contributed by atoms with E-state index in [2.05, 4.69) is 5.10 Å². The molecule has 0 saturated carbocycles. The van der Waals surface area contributed by atoms with Crippen LogP contribution in [0.3, 0.4) is 0 Å². The van der Waals surface area contributed by atoms with Crippen molar-refractivity contribution in [2.75, 3.05) is 20.6 Å². The Morgan fingerprint density at radius 3 is 2.64 bits per heavy atom. The van der Waals surface area contributed by atoms with Gasteiger partial charge in [0.15, 0.2) is 0 Å². The van der Waals surface area contributed by atoms with Gasteiger partial charge in [0.05, 0.1) is 11.8 Å². The first kappa shape index (κ1) is 11.2. The molecule has 1 atom stereocenters. The van der Waals surface area contributed by atoms with E-state index in [-0.39, 0.29) is 6.10 Å². The zero-order valence-electron chi connectivity index (χ0n) is 9.36. The molecule has 14 heavy (non-hydrogen) atoms. The summed E-state index contributed by atoms with van der Waals surface area (Å²) < 4.78 is 1.83. The van der Waals surface area contributed by atoms with Crippen LogP contribution in [0.15, 0.2) is 6.07 Å². The normalized spacial score (nSPS) is 13.6. The maximum absolute atomic E-state index is 9.72. The Bertz CT molecular complexity index is 294. The van der Waals surface area contributed by atoms with Crippen molar-refractivity contribution in [1.82, 2.24) is 14.7 Å². The van der Waals surface area contributed by atoms with Crippen molar-refractivity contribution in [2.24, 2.45) is 7.05 Å². The lowest BCUT2D eigenvalue weighted by atomic mass is 10.2. The smallest absolute Gasteiger partial charge is 0.0722 e. The van der Waals surface area contributed by atoms with E-state index >= 15 is 0 Å². The lowest BCUT2D eigenvalue weighted by Crippen LogP contribution is -2.28. The average molecular weight is 197 g/mol. The molecule has 1 aromatic heterocycles. The molecule has 0 aliphatic carbocycles. The number of aromatic nitrogens is 2. The van der Waals surface area contributed by atoms with Crippen molar-refractivity contribution in [3.8, 4) is 0 Å². The molecular formula is C10H19N3O. The highest BCUT2D eigenvalue weighted by Gasteiger charge is 2.10. The summed E-state index contributed by atoms with van der Waals surface area (Å²) in [7, 11) is 5.82. The molecular weight excluding hydrogens is 178 g/mol. The van der Waals surface area contributed by atoms with Crippen molar-refractivity contribution < 1.29 is 5.11 Å². The molecule has 1 aromatic rings. The average Bonchev–Trinajstić information content (AvgIpc) is 2.28. The molecule has 1 rings (SSSR count). The molecule has 0 aliphatic heterocycles. The number of aliphatic hydroxyl groups is 1. The van der Waals surface area contributed by atoms with Crippen LogP contribution in [-0.4, -0.2) is 46.5 Å². The van der Waals surface area contributed by atoms with Gasteiger partial charge in [-0.25, -0.2) is 0 Å². The molecule has 0 amide bonds. The Labute approximate surface area is 85.1 Å². The highest BCUT2D eigenvalue weighted by atomic mass is 16.3. The number of hydrogen-bond acceptors (Lipinski definition) is 3. The van der Waals surface area contributed by atoms with Gasteiger partial charge in [0, 0.05) is 25.7 Å². The Balaban J connectivity index is 2.55. The minimum atomic E-state index is -0.320. The van der Waals surface area contributed by atoms with Gasteiger partial charge < -0.3 is 10.0 Å². The van der Waals surface area contributed by atoms with Crippen molar-refractivity contribution in [1.29, 1.82) is 0 Å². The first-order chi connectivity index (χ1) is 6.49. The van der Waals surface area contributed by atoms with E-state index in [0.717, 1.165) is 11.4 Å². The SMILES string of the molecule is Cc1cc(CC(O)CN(C)C)n(C)n1. The summed E-state index contributed by atoms with van der Waals surface area (Å²) in [6.45, 7) is 2.64. The summed E-state index contributed by atoms with van der Waals surface area (Å²) >= 11 is 0. The van der Waals surface area contributed by atoms with Crippen molar-refractivity contribution in [3.05, 3.63) is 17.5 Å². The Hall–Kier alpha value is -0.870. The minimum Gasteiger partial charge on any atom is -0.391 e. The molecule has 0 bridgehead atoms. The fourth-order valence-corrected chi connectivity index (χ4v) is 1.58. The van der Waals surface area contributed by atoms with Gasteiger partial charge >= 0.3 is 0 Å². The molecule has 1 N–H and O–H groups in total. The van der Waals surface area contributed by atoms with E-state index in [9.17, 15) is 5.11 Å². The molecule has 4 nitrogen and oxygen atoms in total. The molecule has 1 heterocycles. The third-order valence-electron chi connectivity index (χ3n) is 2.12. The van der Waals surface area contributed by atoms with Gasteiger partial charge in [0.1, 0.15) is 0 Å². The van der Waals surface area contributed by atoms with Crippen LogP contribution >= 0.6 is 0 Å². The minimum absolute atomic E-state index is 0.320. The number of aliphatic hydroxyl groups excluding tert-OH is 1. The number of rotatable bonds is 4. The van der Waals surface area contributed by atoms with Crippen LogP contribution in [0.5, 0.6) is 0 Å². The fourth-order valence-electron chi connectivity index (χ4n) is 1.58.